The van der Waals surface area contributed by atoms with Gasteiger partial charge in [-0.3, -0.25) is 14.5 Å². The molecule has 52 heavy (non-hydrogen) atoms. The van der Waals surface area contributed by atoms with Crippen molar-refractivity contribution in [3.63, 3.8) is 0 Å². The predicted octanol–water partition coefficient (Wildman–Crippen LogP) is 6.30. The highest BCUT2D eigenvalue weighted by molar-refractivity contribution is 6.32. The standard InChI is InChI=1S/C34H36ClF5N10O2/c1-18(34(38,39)40)29(51)42-15-26(20-7-12-23(35)25(13-20)49-28(27(36)37)43-17-45-49)48-30(52)33(46-31(48)41,16-32(2,3)4)21-8-5-19(6-9-21)24-14-44-50(47-24)22-10-11-22/h5-9,12-14,17-18,22,26-27H,10-11,15-16H2,1-4H3,(H2,41,46)(H,42,51)/t18-,26+,33+/m0/s1. The summed E-state index contributed by atoms with van der Waals surface area (Å²) in [6.07, 6.45) is -3.09. The highest BCUT2D eigenvalue weighted by Crippen LogP contribution is 2.45. The molecule has 0 saturated heterocycles. The molecule has 3 atom stereocenters. The van der Waals surface area contributed by atoms with Crippen molar-refractivity contribution in [3.8, 4) is 16.9 Å². The second-order valence-corrected chi connectivity index (χ2v) is 14.6. The van der Waals surface area contributed by atoms with E-state index in [4.69, 9.17) is 22.3 Å². The number of rotatable bonds is 11. The molecule has 0 unspecified atom stereocenters. The van der Waals surface area contributed by atoms with Gasteiger partial charge in [-0.25, -0.2) is 23.4 Å². The molecule has 2 aromatic heterocycles. The van der Waals surface area contributed by atoms with Gasteiger partial charge in [0.2, 0.25) is 5.91 Å². The number of aromatic nitrogens is 6. The van der Waals surface area contributed by atoms with Crippen molar-refractivity contribution in [1.82, 2.24) is 40.0 Å². The topological polar surface area (TPSA) is 149 Å². The molecule has 1 fully saturated rings. The Hall–Kier alpha value is -4.93. The first-order valence-corrected chi connectivity index (χ1v) is 16.8. The molecule has 2 amide bonds. The molecule has 4 aromatic rings. The van der Waals surface area contributed by atoms with Crippen LogP contribution < -0.4 is 11.1 Å². The van der Waals surface area contributed by atoms with Crippen molar-refractivity contribution in [2.45, 2.75) is 77.2 Å². The van der Waals surface area contributed by atoms with Gasteiger partial charge in [-0.2, -0.15) is 33.3 Å². The zero-order valence-electron chi connectivity index (χ0n) is 28.6. The number of guanidine groups is 1. The highest BCUT2D eigenvalue weighted by Gasteiger charge is 2.53. The second kappa shape index (κ2) is 13.6. The number of amides is 2. The van der Waals surface area contributed by atoms with E-state index in [2.05, 4.69) is 25.6 Å². The molecule has 3 N–H and O–H groups in total. The Labute approximate surface area is 300 Å². The zero-order chi connectivity index (χ0) is 37.7. The van der Waals surface area contributed by atoms with E-state index in [0.717, 1.165) is 34.3 Å². The summed E-state index contributed by atoms with van der Waals surface area (Å²) < 4.78 is 68.9. The quantitative estimate of drug-likeness (QED) is 0.171. The molecule has 3 heterocycles. The number of nitrogens with zero attached hydrogens (tertiary/aromatic N) is 8. The van der Waals surface area contributed by atoms with Gasteiger partial charge in [-0.1, -0.05) is 62.7 Å². The van der Waals surface area contributed by atoms with Gasteiger partial charge >= 0.3 is 6.18 Å². The Morgan fingerprint density at radius 3 is 2.40 bits per heavy atom. The summed E-state index contributed by atoms with van der Waals surface area (Å²) in [6.45, 7) is 5.91. The molecule has 0 bridgehead atoms. The number of nitrogens with two attached hydrogens (primary N) is 1. The summed E-state index contributed by atoms with van der Waals surface area (Å²) >= 11 is 6.41. The number of benzene rings is 2. The second-order valence-electron chi connectivity index (χ2n) is 14.2. The predicted molar refractivity (Wildman–Crippen MR) is 180 cm³/mol. The van der Waals surface area contributed by atoms with E-state index in [1.807, 2.05) is 20.8 Å². The first-order chi connectivity index (χ1) is 24.4. The lowest BCUT2D eigenvalue weighted by molar-refractivity contribution is -0.179. The fraction of sp³-hybridized carbons (Fsp3) is 0.441. The molecule has 276 valence electrons. The van der Waals surface area contributed by atoms with Crippen molar-refractivity contribution in [3.05, 3.63) is 77.0 Å². The van der Waals surface area contributed by atoms with Crippen LogP contribution in [0.1, 0.15) is 82.4 Å². The normalized spacial score (nSPS) is 19.2. The SMILES string of the molecule is C[C@@H](C(=O)NC[C@H](c1ccc(Cl)c(-n2ncnc2C(F)F)c1)N1C(=O)[C@@](CC(C)(C)C)(c2ccc(-c3cnn(C4CC4)n3)cc2)N=C1N)C(F)(F)F. The molecule has 0 spiro atoms. The third kappa shape index (κ3) is 7.22. The van der Waals surface area contributed by atoms with Crippen molar-refractivity contribution in [2.24, 2.45) is 22.1 Å². The zero-order valence-corrected chi connectivity index (χ0v) is 29.3. The van der Waals surface area contributed by atoms with E-state index in [0.29, 0.717) is 18.2 Å². The average molecular weight is 747 g/mol. The maximum absolute atomic E-state index is 14.9. The van der Waals surface area contributed by atoms with Gasteiger partial charge in [-0.15, -0.1) is 0 Å². The Morgan fingerprint density at radius 1 is 1.10 bits per heavy atom. The van der Waals surface area contributed by atoms with E-state index in [-0.39, 0.29) is 34.7 Å². The molecule has 6 rings (SSSR count). The molecule has 12 nitrogen and oxygen atoms in total. The molecule has 1 aliphatic heterocycles. The van der Waals surface area contributed by atoms with Gasteiger partial charge in [0.25, 0.3) is 12.3 Å². The summed E-state index contributed by atoms with van der Waals surface area (Å²) in [5.74, 6) is -5.31. The largest absolute Gasteiger partial charge is 0.400 e. The summed E-state index contributed by atoms with van der Waals surface area (Å²) in [5, 5.41) is 15.1. The highest BCUT2D eigenvalue weighted by atomic mass is 35.5. The van der Waals surface area contributed by atoms with Crippen molar-refractivity contribution in [1.29, 1.82) is 0 Å². The molecule has 2 aliphatic rings. The van der Waals surface area contributed by atoms with Crippen molar-refractivity contribution < 1.29 is 31.5 Å². The minimum atomic E-state index is -4.84. The first kappa shape index (κ1) is 36.8. The van der Waals surface area contributed by atoms with Crippen LogP contribution >= 0.6 is 11.6 Å². The minimum absolute atomic E-state index is 0.0154. The molecule has 2 aromatic carbocycles. The van der Waals surface area contributed by atoms with E-state index >= 15 is 0 Å². The van der Waals surface area contributed by atoms with Crippen LogP contribution in [0.4, 0.5) is 22.0 Å². The monoisotopic (exact) mass is 746 g/mol. The van der Waals surface area contributed by atoms with Crippen LogP contribution in [0.3, 0.4) is 0 Å². The van der Waals surface area contributed by atoms with Crippen molar-refractivity contribution >= 4 is 29.4 Å². The Morgan fingerprint density at radius 2 is 1.79 bits per heavy atom. The van der Waals surface area contributed by atoms with E-state index < -0.39 is 59.7 Å². The van der Waals surface area contributed by atoms with Crippen LogP contribution in [0.2, 0.25) is 5.02 Å². The number of carbonyl (C=O) groups excluding carboxylic acids is 2. The van der Waals surface area contributed by atoms with Gasteiger partial charge in [0.05, 0.1) is 29.0 Å². The Bertz CT molecular complexity index is 2000. The lowest BCUT2D eigenvalue weighted by Crippen LogP contribution is -2.50. The Kier molecular flexibility index (Phi) is 9.61. The van der Waals surface area contributed by atoms with Crippen LogP contribution in [0, 0.1) is 11.3 Å². The fourth-order valence-electron chi connectivity index (χ4n) is 6.22. The maximum atomic E-state index is 14.9. The fourth-order valence-corrected chi connectivity index (χ4v) is 6.42. The summed E-state index contributed by atoms with van der Waals surface area (Å²) in [7, 11) is 0. The molecular weight excluding hydrogens is 711 g/mol. The summed E-state index contributed by atoms with van der Waals surface area (Å²) in [4.78, 5) is 38.8. The third-order valence-electron chi connectivity index (χ3n) is 8.97. The number of halogens is 6. The first-order valence-electron chi connectivity index (χ1n) is 16.4. The van der Waals surface area contributed by atoms with E-state index in [1.54, 1.807) is 35.3 Å². The molecule has 1 aliphatic carbocycles. The molecule has 0 radical (unpaired) electrons. The lowest BCUT2D eigenvalue weighted by Gasteiger charge is -2.35. The number of nitrogens with one attached hydrogen (secondary N) is 1. The third-order valence-corrected chi connectivity index (χ3v) is 9.29. The average Bonchev–Trinajstić information content (AvgIpc) is 3.49. The minimum Gasteiger partial charge on any atom is -0.369 e. The van der Waals surface area contributed by atoms with Crippen LogP contribution in [-0.4, -0.2) is 65.2 Å². The summed E-state index contributed by atoms with van der Waals surface area (Å²) in [6, 6.07) is 10.2. The number of hydrogen-bond acceptors (Lipinski definition) is 8. The van der Waals surface area contributed by atoms with Crippen LogP contribution in [0.15, 0.2) is 60.0 Å². The molecular formula is C34H36ClF5N10O2. The number of carbonyl (C=O) groups is 2. The van der Waals surface area contributed by atoms with Gasteiger partial charge in [0.1, 0.15) is 17.9 Å². The number of hydrogen-bond donors (Lipinski definition) is 2. The van der Waals surface area contributed by atoms with Crippen LogP contribution in [-0.2, 0) is 15.1 Å². The maximum Gasteiger partial charge on any atom is 0.400 e. The lowest BCUT2D eigenvalue weighted by atomic mass is 9.75. The van der Waals surface area contributed by atoms with Crippen LogP contribution in [0.25, 0.3) is 16.9 Å². The number of alkyl halides is 5. The smallest absolute Gasteiger partial charge is 0.369 e. The summed E-state index contributed by atoms with van der Waals surface area (Å²) in [5.41, 5.74) is 6.49. The number of aliphatic imine (C=N–C) groups is 1. The Balaban J connectivity index is 1.41. The van der Waals surface area contributed by atoms with Gasteiger partial charge < -0.3 is 11.1 Å². The van der Waals surface area contributed by atoms with Gasteiger partial charge in [0.15, 0.2) is 17.3 Å². The molecule has 1 saturated carbocycles. The van der Waals surface area contributed by atoms with Gasteiger partial charge in [0, 0.05) is 12.1 Å². The van der Waals surface area contributed by atoms with Crippen LogP contribution in [0.5, 0.6) is 0 Å². The van der Waals surface area contributed by atoms with E-state index in [9.17, 15) is 31.5 Å². The van der Waals surface area contributed by atoms with E-state index in [1.165, 1.54) is 18.2 Å². The molecule has 18 heteroatoms. The van der Waals surface area contributed by atoms with Crippen molar-refractivity contribution in [2.75, 3.05) is 6.54 Å². The van der Waals surface area contributed by atoms with Gasteiger partial charge in [-0.05, 0) is 54.9 Å².